The molecule has 0 aromatic heterocycles. The van der Waals surface area contributed by atoms with Gasteiger partial charge in [0, 0.05) is 18.0 Å². The van der Waals surface area contributed by atoms with E-state index in [0.29, 0.717) is 6.54 Å². The Morgan fingerprint density at radius 3 is 2.73 bits per heavy atom. The Morgan fingerprint density at radius 1 is 1.64 bits per heavy atom. The Bertz CT molecular complexity index is 143. The summed E-state index contributed by atoms with van der Waals surface area (Å²) in [5, 5.41) is 3.21. The highest BCUT2D eigenvalue weighted by molar-refractivity contribution is 4.55. The van der Waals surface area contributed by atoms with Crippen molar-refractivity contribution in [1.82, 2.24) is 4.90 Å². The molecular formula is C5H10F2N4. The van der Waals surface area contributed by atoms with E-state index in [0.717, 1.165) is 0 Å². The molecule has 0 aliphatic carbocycles. The monoisotopic (exact) mass is 164 g/mol. The van der Waals surface area contributed by atoms with Crippen LogP contribution in [0.3, 0.4) is 0 Å². The first-order chi connectivity index (χ1) is 5.16. The topological polar surface area (TPSA) is 52.0 Å². The van der Waals surface area contributed by atoms with Gasteiger partial charge in [0.2, 0.25) is 0 Å². The molecule has 0 aromatic carbocycles. The number of nitrogens with zero attached hydrogens (tertiary/aromatic N) is 4. The van der Waals surface area contributed by atoms with Crippen LogP contribution in [0.2, 0.25) is 0 Å². The van der Waals surface area contributed by atoms with Crippen LogP contribution in [0.1, 0.15) is 0 Å². The predicted octanol–water partition coefficient (Wildman–Crippen LogP) is 1.49. The average molecular weight is 164 g/mol. The van der Waals surface area contributed by atoms with Gasteiger partial charge in [-0.05, 0) is 12.6 Å². The number of likely N-dealkylation sites (N-methyl/N-ethyl adjacent to an activating group) is 1. The minimum atomic E-state index is -2.33. The normalized spacial score (nSPS) is 10.3. The van der Waals surface area contributed by atoms with E-state index >= 15 is 0 Å². The Kier molecular flexibility index (Phi) is 5.42. The van der Waals surface area contributed by atoms with Crippen molar-refractivity contribution in [2.75, 3.05) is 26.7 Å². The summed E-state index contributed by atoms with van der Waals surface area (Å²) < 4.78 is 23.3. The smallest absolute Gasteiger partial charge is 0.251 e. The summed E-state index contributed by atoms with van der Waals surface area (Å²) in [6.45, 7) is 0.328. The van der Waals surface area contributed by atoms with Gasteiger partial charge in [-0.2, -0.15) is 0 Å². The number of halogens is 2. The molecule has 0 radical (unpaired) electrons. The third kappa shape index (κ3) is 7.02. The fourth-order valence-corrected chi connectivity index (χ4v) is 0.587. The van der Waals surface area contributed by atoms with E-state index in [1.54, 1.807) is 7.05 Å². The maximum absolute atomic E-state index is 11.6. The molecule has 0 rings (SSSR count). The van der Waals surface area contributed by atoms with Crippen molar-refractivity contribution in [1.29, 1.82) is 0 Å². The van der Waals surface area contributed by atoms with Gasteiger partial charge >= 0.3 is 0 Å². The second-order valence-corrected chi connectivity index (χ2v) is 2.11. The Labute approximate surface area is 63.4 Å². The van der Waals surface area contributed by atoms with Gasteiger partial charge in [-0.15, -0.1) is 0 Å². The first-order valence-corrected chi connectivity index (χ1v) is 3.14. The zero-order valence-corrected chi connectivity index (χ0v) is 6.24. The third-order valence-corrected chi connectivity index (χ3v) is 1.09. The molecular weight excluding hydrogens is 154 g/mol. The summed E-state index contributed by atoms with van der Waals surface area (Å²) in [5.41, 5.74) is 7.85. The summed E-state index contributed by atoms with van der Waals surface area (Å²) in [5.74, 6) is 0. The van der Waals surface area contributed by atoms with E-state index in [-0.39, 0.29) is 13.1 Å². The van der Waals surface area contributed by atoms with Crippen molar-refractivity contribution in [2.24, 2.45) is 5.11 Å². The van der Waals surface area contributed by atoms with Crippen LogP contribution in [0.5, 0.6) is 0 Å². The fourth-order valence-electron chi connectivity index (χ4n) is 0.587. The lowest BCUT2D eigenvalue weighted by Gasteiger charge is -2.13. The molecule has 0 atom stereocenters. The molecule has 4 nitrogen and oxygen atoms in total. The molecule has 0 aliphatic rings. The predicted molar refractivity (Wildman–Crippen MR) is 37.5 cm³/mol. The van der Waals surface area contributed by atoms with E-state index in [9.17, 15) is 8.78 Å². The summed E-state index contributed by atoms with van der Waals surface area (Å²) in [6, 6.07) is 0. The lowest BCUT2D eigenvalue weighted by molar-refractivity contribution is 0.102. The van der Waals surface area contributed by atoms with Crippen LogP contribution in [0.15, 0.2) is 5.11 Å². The number of azide groups is 1. The molecule has 0 aliphatic heterocycles. The summed E-state index contributed by atoms with van der Waals surface area (Å²) in [7, 11) is 1.55. The molecule has 0 bridgehead atoms. The molecule has 6 heteroatoms. The molecule has 64 valence electrons. The lowest BCUT2D eigenvalue weighted by atomic mass is 10.5. The second kappa shape index (κ2) is 5.88. The van der Waals surface area contributed by atoms with Gasteiger partial charge in [0.15, 0.2) is 0 Å². The maximum atomic E-state index is 11.6. The molecule has 0 N–H and O–H groups in total. The van der Waals surface area contributed by atoms with Gasteiger partial charge in [0.05, 0.1) is 6.54 Å². The third-order valence-electron chi connectivity index (χ3n) is 1.09. The Hall–Kier alpha value is -0.870. The van der Waals surface area contributed by atoms with Crippen LogP contribution < -0.4 is 0 Å². The second-order valence-electron chi connectivity index (χ2n) is 2.11. The van der Waals surface area contributed by atoms with Gasteiger partial charge in [-0.25, -0.2) is 8.78 Å². The van der Waals surface area contributed by atoms with Crippen LogP contribution in [0.25, 0.3) is 10.4 Å². The van der Waals surface area contributed by atoms with Crippen LogP contribution in [0.4, 0.5) is 8.78 Å². The van der Waals surface area contributed by atoms with Crippen LogP contribution in [-0.4, -0.2) is 38.0 Å². The molecule has 0 aromatic rings. The number of hydrogen-bond donors (Lipinski definition) is 0. The zero-order valence-electron chi connectivity index (χ0n) is 6.24. The van der Waals surface area contributed by atoms with E-state index < -0.39 is 6.43 Å². The van der Waals surface area contributed by atoms with E-state index in [4.69, 9.17) is 5.53 Å². The molecule has 0 spiro atoms. The Balaban J connectivity index is 3.36. The minimum Gasteiger partial charge on any atom is -0.301 e. The largest absolute Gasteiger partial charge is 0.301 e. The van der Waals surface area contributed by atoms with Gasteiger partial charge in [0.25, 0.3) is 6.43 Å². The maximum Gasteiger partial charge on any atom is 0.251 e. The quantitative estimate of drug-likeness (QED) is 0.345. The van der Waals surface area contributed by atoms with Gasteiger partial charge < -0.3 is 4.90 Å². The van der Waals surface area contributed by atoms with Gasteiger partial charge in [-0.3, -0.25) is 0 Å². The average Bonchev–Trinajstić information content (AvgIpc) is 1.86. The summed E-state index contributed by atoms with van der Waals surface area (Å²) in [6.07, 6.45) is -2.33. The number of hydrogen-bond acceptors (Lipinski definition) is 2. The van der Waals surface area contributed by atoms with Crippen molar-refractivity contribution in [3.63, 3.8) is 0 Å². The minimum absolute atomic E-state index is 0.236. The molecule has 0 saturated heterocycles. The molecule has 0 unspecified atom stereocenters. The first kappa shape index (κ1) is 10.1. The highest BCUT2D eigenvalue weighted by Gasteiger charge is 2.05. The highest BCUT2D eigenvalue weighted by Crippen LogP contribution is 1.94. The molecule has 0 heterocycles. The fraction of sp³-hybridized carbons (Fsp3) is 1.00. The zero-order chi connectivity index (χ0) is 8.69. The Morgan fingerprint density at radius 2 is 2.27 bits per heavy atom. The van der Waals surface area contributed by atoms with E-state index in [1.165, 1.54) is 4.90 Å². The number of alkyl halides is 2. The molecule has 11 heavy (non-hydrogen) atoms. The molecule has 0 fully saturated rings. The highest BCUT2D eigenvalue weighted by atomic mass is 19.3. The SMILES string of the molecule is CN(CCN=[N+]=[N-])CC(F)F. The standard InChI is InChI=1S/C5H10F2N4/c1-11(4-5(6)7)3-2-9-10-8/h5H,2-4H2,1H3. The van der Waals surface area contributed by atoms with Gasteiger partial charge in [0.1, 0.15) is 0 Å². The van der Waals surface area contributed by atoms with Crippen molar-refractivity contribution in [3.05, 3.63) is 10.4 Å². The first-order valence-electron chi connectivity index (χ1n) is 3.14. The van der Waals surface area contributed by atoms with Crippen LogP contribution in [-0.2, 0) is 0 Å². The molecule has 0 saturated carbocycles. The summed E-state index contributed by atoms with van der Waals surface area (Å²) in [4.78, 5) is 3.91. The van der Waals surface area contributed by atoms with Gasteiger partial charge in [-0.1, -0.05) is 5.11 Å². The van der Waals surface area contributed by atoms with Crippen molar-refractivity contribution in [3.8, 4) is 0 Å². The molecule has 0 amide bonds. The van der Waals surface area contributed by atoms with Crippen LogP contribution >= 0.6 is 0 Å². The number of rotatable bonds is 5. The van der Waals surface area contributed by atoms with Crippen LogP contribution in [0, 0.1) is 0 Å². The van der Waals surface area contributed by atoms with Crippen molar-refractivity contribution < 1.29 is 8.78 Å². The van der Waals surface area contributed by atoms with Crippen molar-refractivity contribution >= 4 is 0 Å². The lowest BCUT2D eigenvalue weighted by Crippen LogP contribution is -2.26. The summed E-state index contributed by atoms with van der Waals surface area (Å²) >= 11 is 0. The van der Waals surface area contributed by atoms with E-state index in [1.807, 2.05) is 0 Å². The van der Waals surface area contributed by atoms with E-state index in [2.05, 4.69) is 10.0 Å². The van der Waals surface area contributed by atoms with Crippen molar-refractivity contribution in [2.45, 2.75) is 6.43 Å².